The van der Waals surface area contributed by atoms with Gasteiger partial charge in [0.25, 0.3) is 18.1 Å². The number of thiol groups is 1. The molecule has 0 fully saturated rings. The molecule has 0 heterocycles. The molecule has 0 aromatic heterocycles. The molecule has 0 bridgehead atoms. The monoisotopic (exact) mass is 352 g/mol. The summed E-state index contributed by atoms with van der Waals surface area (Å²) in [5.74, 6) is 0.569. The Balaban J connectivity index is 0.000000631. The molecular formula is C8H10Cl2O5S3. The zero-order valence-corrected chi connectivity index (χ0v) is 12.9. The van der Waals surface area contributed by atoms with Crippen LogP contribution in [0.2, 0.25) is 0 Å². The van der Waals surface area contributed by atoms with Crippen molar-refractivity contribution in [2.75, 3.05) is 12.4 Å². The fourth-order valence-electron chi connectivity index (χ4n) is 0.765. The molecule has 10 heteroatoms. The van der Waals surface area contributed by atoms with Gasteiger partial charge in [-0.05, 0) is 24.3 Å². The van der Waals surface area contributed by atoms with Crippen LogP contribution in [-0.2, 0) is 18.1 Å². The Morgan fingerprint density at radius 1 is 0.944 bits per heavy atom. The number of hydrogen-bond donors (Lipinski definition) is 2. The predicted octanol–water partition coefficient (Wildman–Crippen LogP) is 1.45. The van der Waals surface area contributed by atoms with Crippen molar-refractivity contribution < 1.29 is 21.9 Å². The van der Waals surface area contributed by atoms with Crippen molar-refractivity contribution in [1.82, 2.24) is 0 Å². The van der Waals surface area contributed by atoms with E-state index in [4.69, 9.17) is 26.5 Å². The zero-order chi connectivity index (χ0) is 14.4. The molecule has 1 N–H and O–H groups in total. The number of halogens is 2. The molecule has 0 atom stereocenters. The van der Waals surface area contributed by atoms with Gasteiger partial charge in [-0.15, -0.1) is 0 Å². The largest absolute Gasteiger partial charge is 0.396 e. The van der Waals surface area contributed by atoms with E-state index in [2.05, 4.69) is 12.6 Å². The molecule has 0 unspecified atom stereocenters. The minimum absolute atomic E-state index is 0.178. The first kappa shape index (κ1) is 18.0. The Bertz CT molecular complexity index is 512. The Labute approximate surface area is 120 Å². The van der Waals surface area contributed by atoms with Crippen LogP contribution in [0, 0.1) is 0 Å². The van der Waals surface area contributed by atoms with E-state index >= 15 is 0 Å². The molecule has 5 nitrogen and oxygen atoms in total. The second-order valence-electron chi connectivity index (χ2n) is 2.79. The van der Waals surface area contributed by atoms with Crippen LogP contribution in [0.5, 0.6) is 0 Å². The topological polar surface area (TPSA) is 88.5 Å². The van der Waals surface area contributed by atoms with Gasteiger partial charge in [-0.25, -0.2) is 16.8 Å². The highest BCUT2D eigenvalue weighted by molar-refractivity contribution is 8.14. The zero-order valence-electron chi connectivity index (χ0n) is 8.82. The molecule has 0 amide bonds. The van der Waals surface area contributed by atoms with E-state index < -0.39 is 18.1 Å². The number of hydrogen-bond acceptors (Lipinski definition) is 6. The average molecular weight is 353 g/mol. The van der Waals surface area contributed by atoms with Crippen LogP contribution in [0.1, 0.15) is 0 Å². The van der Waals surface area contributed by atoms with Crippen molar-refractivity contribution in [3.63, 3.8) is 0 Å². The Morgan fingerprint density at radius 2 is 1.17 bits per heavy atom. The van der Waals surface area contributed by atoms with E-state index in [-0.39, 0.29) is 16.4 Å². The molecule has 0 saturated carbocycles. The van der Waals surface area contributed by atoms with Gasteiger partial charge in [0.2, 0.25) is 0 Å². The highest BCUT2D eigenvalue weighted by atomic mass is 35.7. The minimum Gasteiger partial charge on any atom is -0.396 e. The Morgan fingerprint density at radius 3 is 1.28 bits per heavy atom. The minimum atomic E-state index is -3.83. The molecule has 0 aliphatic rings. The van der Waals surface area contributed by atoms with Crippen molar-refractivity contribution >= 4 is 52.1 Å². The molecule has 1 aromatic carbocycles. The third kappa shape index (κ3) is 6.81. The van der Waals surface area contributed by atoms with E-state index in [0.29, 0.717) is 5.75 Å². The lowest BCUT2D eigenvalue weighted by atomic mass is 10.4. The third-order valence-corrected chi connectivity index (χ3v) is 4.43. The Kier molecular flexibility index (Phi) is 7.57. The molecule has 18 heavy (non-hydrogen) atoms. The van der Waals surface area contributed by atoms with Gasteiger partial charge < -0.3 is 5.11 Å². The maximum atomic E-state index is 10.8. The maximum absolute atomic E-state index is 10.8. The van der Waals surface area contributed by atoms with Gasteiger partial charge in [-0.1, -0.05) is 0 Å². The van der Waals surface area contributed by atoms with Crippen LogP contribution in [0.15, 0.2) is 34.1 Å². The summed E-state index contributed by atoms with van der Waals surface area (Å²) in [6, 6.07) is 4.27. The van der Waals surface area contributed by atoms with Crippen molar-refractivity contribution in [3.8, 4) is 0 Å². The van der Waals surface area contributed by atoms with E-state index in [1.807, 2.05) is 0 Å². The fraction of sp³-hybridized carbons (Fsp3) is 0.250. The van der Waals surface area contributed by atoms with Gasteiger partial charge in [0.1, 0.15) is 0 Å². The maximum Gasteiger partial charge on any atom is 0.261 e. The summed E-state index contributed by atoms with van der Waals surface area (Å²) in [4.78, 5) is -0.355. The molecular weight excluding hydrogens is 343 g/mol. The van der Waals surface area contributed by atoms with Crippen LogP contribution in [0.3, 0.4) is 0 Å². The van der Waals surface area contributed by atoms with Gasteiger partial charge in [-0.2, -0.15) is 12.6 Å². The first-order valence-corrected chi connectivity index (χ1v) is 9.59. The van der Waals surface area contributed by atoms with Crippen molar-refractivity contribution in [3.05, 3.63) is 24.3 Å². The molecule has 0 saturated heterocycles. The fourth-order valence-corrected chi connectivity index (χ4v) is 2.30. The van der Waals surface area contributed by atoms with E-state index in [0.717, 1.165) is 24.3 Å². The van der Waals surface area contributed by atoms with Crippen LogP contribution in [-0.4, -0.2) is 34.3 Å². The summed E-state index contributed by atoms with van der Waals surface area (Å²) >= 11 is 3.67. The van der Waals surface area contributed by atoms with E-state index in [1.54, 1.807) is 0 Å². The lowest BCUT2D eigenvalue weighted by Crippen LogP contribution is -1.93. The van der Waals surface area contributed by atoms with Crippen molar-refractivity contribution in [2.24, 2.45) is 0 Å². The highest BCUT2D eigenvalue weighted by Crippen LogP contribution is 2.19. The first-order chi connectivity index (χ1) is 8.12. The normalized spacial score (nSPS) is 11.6. The second-order valence-corrected chi connectivity index (χ2v) is 8.37. The van der Waals surface area contributed by atoms with Crippen LogP contribution < -0.4 is 0 Å². The smallest absolute Gasteiger partial charge is 0.261 e. The molecule has 104 valence electrons. The summed E-state index contributed by atoms with van der Waals surface area (Å²) in [5.41, 5.74) is 0. The van der Waals surface area contributed by atoms with Gasteiger partial charge >= 0.3 is 0 Å². The summed E-state index contributed by atoms with van der Waals surface area (Å²) in [5, 5.41) is 7.80. The van der Waals surface area contributed by atoms with Crippen LogP contribution in [0.4, 0.5) is 0 Å². The third-order valence-electron chi connectivity index (χ3n) is 1.49. The van der Waals surface area contributed by atoms with E-state index in [9.17, 15) is 16.8 Å². The predicted molar refractivity (Wildman–Crippen MR) is 73.5 cm³/mol. The highest BCUT2D eigenvalue weighted by Gasteiger charge is 2.13. The van der Waals surface area contributed by atoms with Gasteiger partial charge in [0.05, 0.1) is 16.4 Å². The summed E-state index contributed by atoms with van der Waals surface area (Å²) in [6.07, 6.45) is 0. The summed E-state index contributed by atoms with van der Waals surface area (Å²) in [7, 11) is 2.37. The lowest BCUT2D eigenvalue weighted by Gasteiger charge is -1.97. The van der Waals surface area contributed by atoms with Gasteiger partial charge in [0.15, 0.2) is 0 Å². The van der Waals surface area contributed by atoms with Crippen molar-refractivity contribution in [2.45, 2.75) is 9.79 Å². The molecule has 0 radical (unpaired) electrons. The number of aliphatic hydroxyl groups excluding tert-OH is 1. The molecule has 0 aliphatic heterocycles. The SMILES string of the molecule is O=S(=O)(Cl)c1ccc(S(=O)(=O)Cl)cc1.OCCS. The lowest BCUT2D eigenvalue weighted by molar-refractivity contribution is 0.323. The standard InChI is InChI=1S/C6H4Cl2O4S2.C2H6OS/c7-13(9,10)5-1-2-6(4-3-5)14(8,11)12;3-1-2-4/h1-4H;3-4H,1-2H2. The number of rotatable bonds is 3. The molecule has 1 aromatic rings. The Hall–Kier alpha value is 0.01000. The number of benzene rings is 1. The summed E-state index contributed by atoms with van der Waals surface area (Å²) < 4.78 is 43.1. The van der Waals surface area contributed by atoms with Gasteiger partial charge in [0, 0.05) is 27.1 Å². The molecule has 1 rings (SSSR count). The van der Waals surface area contributed by atoms with E-state index in [1.165, 1.54) is 0 Å². The molecule has 0 aliphatic carbocycles. The molecule has 0 spiro atoms. The van der Waals surface area contributed by atoms with Crippen molar-refractivity contribution in [1.29, 1.82) is 0 Å². The van der Waals surface area contributed by atoms with Crippen LogP contribution in [0.25, 0.3) is 0 Å². The second kappa shape index (κ2) is 7.56. The van der Waals surface area contributed by atoms with Crippen LogP contribution >= 0.6 is 34.0 Å². The first-order valence-electron chi connectivity index (χ1n) is 4.34. The average Bonchev–Trinajstić information content (AvgIpc) is 2.27. The quantitative estimate of drug-likeness (QED) is 0.634. The number of aliphatic hydroxyl groups is 1. The summed E-state index contributed by atoms with van der Waals surface area (Å²) in [6.45, 7) is 0.184. The van der Waals surface area contributed by atoms with Gasteiger partial charge in [-0.3, -0.25) is 0 Å².